The average Bonchev–Trinajstić information content (AvgIpc) is 3.27. The zero-order valence-corrected chi connectivity index (χ0v) is 39.2. The number of carbonyl (C=O) groups excluding carboxylic acids is 2. The molecule has 1 saturated carbocycles. The minimum atomic E-state index is -5.37. The molecule has 18 nitrogen and oxygen atoms in total. The van der Waals surface area contributed by atoms with Gasteiger partial charge in [0.2, 0.25) is 0 Å². The van der Waals surface area contributed by atoms with E-state index in [2.05, 4.69) is 26.0 Å². The van der Waals surface area contributed by atoms with Gasteiger partial charge in [-0.1, -0.05) is 129 Å². The van der Waals surface area contributed by atoms with Crippen LogP contribution in [0.4, 0.5) is 0 Å². The van der Waals surface area contributed by atoms with E-state index >= 15 is 0 Å². The Bertz CT molecular complexity index is 1310. The summed E-state index contributed by atoms with van der Waals surface area (Å²) in [6.45, 7) is 2.18. The molecule has 1 aliphatic carbocycles. The number of allylic oxidation sites excluding steroid dienone is 2. The molecule has 13 atom stereocenters. The minimum absolute atomic E-state index is 0.0332. The molecule has 376 valence electrons. The van der Waals surface area contributed by atoms with Crippen LogP contribution in [0.2, 0.25) is 0 Å². The first-order valence-electron chi connectivity index (χ1n) is 24.0. The van der Waals surface area contributed by atoms with E-state index in [0.717, 1.165) is 51.4 Å². The van der Waals surface area contributed by atoms with Gasteiger partial charge in [-0.05, 0) is 38.5 Å². The number of carbonyl (C=O) groups is 2. The van der Waals surface area contributed by atoms with Crippen molar-refractivity contribution in [2.45, 2.75) is 241 Å². The van der Waals surface area contributed by atoms with Crippen LogP contribution in [0.3, 0.4) is 0 Å². The lowest BCUT2D eigenvalue weighted by molar-refractivity contribution is -0.338. The number of esters is 2. The van der Waals surface area contributed by atoms with Gasteiger partial charge >= 0.3 is 19.8 Å². The van der Waals surface area contributed by atoms with Crippen molar-refractivity contribution in [3.8, 4) is 0 Å². The van der Waals surface area contributed by atoms with Crippen molar-refractivity contribution < 1.29 is 87.9 Å². The molecule has 2 fully saturated rings. The number of phosphoric ester groups is 1. The van der Waals surface area contributed by atoms with Gasteiger partial charge < -0.3 is 64.7 Å². The largest absolute Gasteiger partial charge is 0.472 e. The highest BCUT2D eigenvalue weighted by atomic mass is 31.2. The van der Waals surface area contributed by atoms with Gasteiger partial charge in [0.15, 0.2) is 12.4 Å². The monoisotopic (exact) mass is 943 g/mol. The topological polar surface area (TPSA) is 289 Å². The molecule has 2 aliphatic rings. The van der Waals surface area contributed by atoms with Gasteiger partial charge in [-0.2, -0.15) is 0 Å². The third kappa shape index (κ3) is 22.9. The first-order chi connectivity index (χ1) is 30.7. The van der Waals surface area contributed by atoms with Crippen molar-refractivity contribution in [3.05, 3.63) is 12.2 Å². The highest BCUT2D eigenvalue weighted by Gasteiger charge is 2.55. The fourth-order valence-electron chi connectivity index (χ4n) is 7.70. The SMILES string of the molecule is CCCCCCCC/C=C\CCCCCC(=O)OCC(COP(=O)(O)OC1C(O)C(O)C(O)C(O)C1OC1OC(CO)C(O)C(O)C1O)OC(=O)CCCCCCCCCCCCC. The molecule has 64 heavy (non-hydrogen) atoms. The van der Waals surface area contributed by atoms with Crippen LogP contribution < -0.4 is 0 Å². The Morgan fingerprint density at radius 1 is 0.578 bits per heavy atom. The molecule has 19 heteroatoms. The second kappa shape index (κ2) is 33.8. The summed E-state index contributed by atoms with van der Waals surface area (Å²) >= 11 is 0. The second-order valence-electron chi connectivity index (χ2n) is 17.3. The minimum Gasteiger partial charge on any atom is -0.462 e. The van der Waals surface area contributed by atoms with E-state index in [-0.39, 0.29) is 12.8 Å². The Balaban J connectivity index is 1.98. The quantitative estimate of drug-likeness (QED) is 0.0180. The summed E-state index contributed by atoms with van der Waals surface area (Å²) in [4.78, 5) is 36.4. The highest BCUT2D eigenvalue weighted by molar-refractivity contribution is 7.47. The summed E-state index contributed by atoms with van der Waals surface area (Å²) in [5, 5.41) is 82.8. The van der Waals surface area contributed by atoms with Crippen molar-refractivity contribution in [1.82, 2.24) is 0 Å². The van der Waals surface area contributed by atoms with Gasteiger partial charge in [-0.3, -0.25) is 18.6 Å². The number of rotatable bonds is 36. The van der Waals surface area contributed by atoms with Crippen molar-refractivity contribution in [3.63, 3.8) is 0 Å². The number of phosphoric acid groups is 1. The lowest BCUT2D eigenvalue weighted by atomic mass is 9.84. The second-order valence-corrected chi connectivity index (χ2v) is 18.7. The van der Waals surface area contributed by atoms with Crippen LogP contribution in [-0.2, 0) is 42.1 Å². The molecule has 0 aromatic rings. The van der Waals surface area contributed by atoms with Crippen LogP contribution in [0, 0.1) is 0 Å². The molecule has 0 amide bonds. The Morgan fingerprint density at radius 3 is 1.56 bits per heavy atom. The maximum atomic E-state index is 13.4. The van der Waals surface area contributed by atoms with Crippen LogP contribution in [0.5, 0.6) is 0 Å². The molecule has 1 saturated heterocycles. The molecule has 2 rings (SSSR count). The zero-order valence-electron chi connectivity index (χ0n) is 38.3. The molecule has 1 heterocycles. The smallest absolute Gasteiger partial charge is 0.462 e. The Labute approximate surface area is 380 Å². The van der Waals surface area contributed by atoms with E-state index in [9.17, 15) is 59.9 Å². The van der Waals surface area contributed by atoms with E-state index in [4.69, 9.17) is 28.0 Å². The predicted octanol–water partition coefficient (Wildman–Crippen LogP) is 4.54. The van der Waals surface area contributed by atoms with Gasteiger partial charge in [0.1, 0.15) is 67.6 Å². The first kappa shape index (κ1) is 58.5. The number of ether oxygens (including phenoxy) is 4. The summed E-state index contributed by atoms with van der Waals surface area (Å²) in [6.07, 6.45) is 4.61. The van der Waals surface area contributed by atoms with E-state index in [1.165, 1.54) is 77.0 Å². The number of hydrogen-bond acceptors (Lipinski definition) is 17. The number of hydrogen-bond donors (Lipinski definition) is 9. The van der Waals surface area contributed by atoms with Crippen molar-refractivity contribution in [2.24, 2.45) is 0 Å². The summed E-state index contributed by atoms with van der Waals surface area (Å²) in [5.41, 5.74) is 0. The summed E-state index contributed by atoms with van der Waals surface area (Å²) in [6, 6.07) is 0. The average molecular weight is 943 g/mol. The molecular formula is C45H83O18P. The van der Waals surface area contributed by atoms with E-state index in [1.807, 2.05) is 0 Å². The van der Waals surface area contributed by atoms with E-state index < -0.39 is 113 Å². The number of aliphatic hydroxyl groups excluding tert-OH is 8. The molecule has 0 radical (unpaired) electrons. The van der Waals surface area contributed by atoms with Crippen molar-refractivity contribution in [1.29, 1.82) is 0 Å². The van der Waals surface area contributed by atoms with Crippen LogP contribution in [0.1, 0.15) is 168 Å². The van der Waals surface area contributed by atoms with Gasteiger partial charge in [-0.25, -0.2) is 4.57 Å². The van der Waals surface area contributed by atoms with Gasteiger partial charge in [0, 0.05) is 12.8 Å². The molecule has 1 aliphatic heterocycles. The molecule has 0 bridgehead atoms. The van der Waals surface area contributed by atoms with Crippen molar-refractivity contribution in [2.75, 3.05) is 19.8 Å². The fraction of sp³-hybridized carbons (Fsp3) is 0.911. The van der Waals surface area contributed by atoms with Crippen molar-refractivity contribution >= 4 is 19.8 Å². The predicted molar refractivity (Wildman–Crippen MR) is 235 cm³/mol. The van der Waals surface area contributed by atoms with Gasteiger partial charge in [-0.15, -0.1) is 0 Å². The number of unbranched alkanes of at least 4 members (excludes halogenated alkanes) is 19. The van der Waals surface area contributed by atoms with Crippen LogP contribution in [0.25, 0.3) is 0 Å². The van der Waals surface area contributed by atoms with E-state index in [0.29, 0.717) is 12.8 Å². The Kier molecular flexibility index (Phi) is 30.9. The highest BCUT2D eigenvalue weighted by Crippen LogP contribution is 2.48. The zero-order chi connectivity index (χ0) is 47.3. The lowest BCUT2D eigenvalue weighted by Crippen LogP contribution is -2.67. The normalized spacial score (nSPS) is 28.8. The lowest BCUT2D eigenvalue weighted by Gasteiger charge is -2.47. The standard InChI is InChI=1S/C45H83O18P/c1-3-5-7-9-11-13-15-16-18-19-21-23-25-27-34(47)58-30-32(60-35(48)28-26-24-22-20-17-14-12-10-8-6-4-2)31-59-64(56,57)63-44-41(54)39(52)38(51)40(53)43(44)62-45-42(55)37(50)36(49)33(29-46)61-45/h16,18,32-33,36-46,49-55H,3-15,17,19-31H2,1-2H3,(H,56,57)/b18-16-. The third-order valence-electron chi connectivity index (χ3n) is 11.7. The van der Waals surface area contributed by atoms with Crippen LogP contribution in [-0.4, -0.2) is 151 Å². The summed E-state index contributed by atoms with van der Waals surface area (Å²) in [7, 11) is -5.37. The summed E-state index contributed by atoms with van der Waals surface area (Å²) in [5.74, 6) is -1.23. The molecule has 13 unspecified atom stereocenters. The molecule has 9 N–H and O–H groups in total. The molecule has 0 spiro atoms. The van der Waals surface area contributed by atoms with E-state index in [1.54, 1.807) is 0 Å². The fourth-order valence-corrected chi connectivity index (χ4v) is 8.66. The molecular weight excluding hydrogens is 859 g/mol. The molecule has 0 aromatic carbocycles. The Hall–Kier alpha value is -1.61. The number of aliphatic hydroxyl groups is 8. The van der Waals surface area contributed by atoms with Crippen LogP contribution in [0.15, 0.2) is 12.2 Å². The summed E-state index contributed by atoms with van der Waals surface area (Å²) < 4.78 is 45.3. The van der Waals surface area contributed by atoms with Gasteiger partial charge in [0.05, 0.1) is 13.2 Å². The van der Waals surface area contributed by atoms with Crippen LogP contribution >= 0.6 is 7.82 Å². The van der Waals surface area contributed by atoms with Gasteiger partial charge in [0.25, 0.3) is 0 Å². The molecule has 0 aromatic heterocycles. The third-order valence-corrected chi connectivity index (χ3v) is 12.7. The first-order valence-corrected chi connectivity index (χ1v) is 25.5. The maximum Gasteiger partial charge on any atom is 0.472 e. The Morgan fingerprint density at radius 2 is 1.03 bits per heavy atom. The maximum absolute atomic E-state index is 13.4.